The van der Waals surface area contributed by atoms with Gasteiger partial charge in [-0.15, -0.1) is 6.58 Å². The Labute approximate surface area is 125 Å². The molecule has 0 aliphatic rings. The average molecular weight is 290 g/mol. The Morgan fingerprint density at radius 3 is 2.52 bits per heavy atom. The molecule has 0 radical (unpaired) electrons. The molecule has 0 unspecified atom stereocenters. The van der Waals surface area contributed by atoms with Crippen LogP contribution in [0.3, 0.4) is 0 Å². The number of aliphatic carboxylic acids is 1. The summed E-state index contributed by atoms with van der Waals surface area (Å²) in [5.74, 6) is -1.38. The maximum Gasteiger partial charge on any atom is 0.326 e. The molecule has 5 heteroatoms. The van der Waals surface area contributed by atoms with Crippen LogP contribution in [0, 0.1) is 0 Å². The number of hydrogen-bond acceptors (Lipinski definition) is 3. The quantitative estimate of drug-likeness (QED) is 0.513. The molecule has 0 saturated heterocycles. The number of hydrogen-bond donors (Lipinski definition) is 2. The van der Waals surface area contributed by atoms with Gasteiger partial charge in [-0.25, -0.2) is 4.79 Å². The first kappa shape index (κ1) is 16.9. The van der Waals surface area contributed by atoms with E-state index in [-0.39, 0.29) is 5.91 Å². The van der Waals surface area contributed by atoms with Gasteiger partial charge in [-0.1, -0.05) is 25.3 Å². The molecule has 0 bridgehead atoms. The monoisotopic (exact) mass is 290 g/mol. The zero-order valence-electron chi connectivity index (χ0n) is 12.1. The second kappa shape index (κ2) is 9.69. The molecule has 1 aromatic rings. The van der Waals surface area contributed by atoms with E-state index in [9.17, 15) is 9.59 Å². The fourth-order valence-electron chi connectivity index (χ4n) is 1.99. The minimum Gasteiger partial charge on any atom is -0.480 e. The van der Waals surface area contributed by atoms with Gasteiger partial charge < -0.3 is 10.4 Å². The molecule has 0 aromatic carbocycles. The number of carbonyl (C=O) groups is 2. The predicted octanol–water partition coefficient (Wildman–Crippen LogP) is 2.79. The molecule has 0 fully saturated rings. The molecule has 0 saturated carbocycles. The van der Waals surface area contributed by atoms with Crippen LogP contribution in [0.15, 0.2) is 37.2 Å². The molecule has 0 spiro atoms. The van der Waals surface area contributed by atoms with Gasteiger partial charge in [0.2, 0.25) is 0 Å². The van der Waals surface area contributed by atoms with E-state index in [1.165, 1.54) is 12.4 Å². The minimum absolute atomic E-state index is 0.378. The number of carboxylic acids is 1. The molecule has 5 nitrogen and oxygen atoms in total. The Kier molecular flexibility index (Phi) is 7.79. The topological polar surface area (TPSA) is 79.3 Å². The fourth-order valence-corrected chi connectivity index (χ4v) is 1.99. The van der Waals surface area contributed by atoms with Gasteiger partial charge in [-0.05, 0) is 31.4 Å². The van der Waals surface area contributed by atoms with Crippen molar-refractivity contribution in [1.29, 1.82) is 0 Å². The van der Waals surface area contributed by atoms with Gasteiger partial charge in [0.25, 0.3) is 5.91 Å². The SMILES string of the molecule is C=CCCCCCC[C@@H](NC(=O)c1ccncc1)C(=O)O. The number of unbranched alkanes of at least 4 members (excludes halogenated alkanes) is 4. The summed E-state index contributed by atoms with van der Waals surface area (Å²) < 4.78 is 0. The second-order valence-corrected chi connectivity index (χ2v) is 4.88. The van der Waals surface area contributed by atoms with Gasteiger partial charge in [0.15, 0.2) is 0 Å². The number of pyridine rings is 1. The van der Waals surface area contributed by atoms with Crippen LogP contribution in [-0.4, -0.2) is 28.0 Å². The van der Waals surface area contributed by atoms with Gasteiger partial charge in [0, 0.05) is 18.0 Å². The largest absolute Gasteiger partial charge is 0.480 e. The average Bonchev–Trinajstić information content (AvgIpc) is 2.50. The molecule has 0 aliphatic carbocycles. The summed E-state index contributed by atoms with van der Waals surface area (Å²) in [7, 11) is 0. The molecular weight excluding hydrogens is 268 g/mol. The van der Waals surface area contributed by atoms with Crippen LogP contribution >= 0.6 is 0 Å². The van der Waals surface area contributed by atoms with Crippen LogP contribution in [0.5, 0.6) is 0 Å². The highest BCUT2D eigenvalue weighted by Gasteiger charge is 2.19. The summed E-state index contributed by atoms with van der Waals surface area (Å²) in [4.78, 5) is 26.9. The number of aromatic nitrogens is 1. The van der Waals surface area contributed by atoms with Gasteiger partial charge in [-0.3, -0.25) is 9.78 Å². The maximum absolute atomic E-state index is 11.9. The van der Waals surface area contributed by atoms with E-state index in [0.717, 1.165) is 32.1 Å². The molecule has 2 N–H and O–H groups in total. The van der Waals surface area contributed by atoms with Crippen LogP contribution in [0.4, 0.5) is 0 Å². The highest BCUT2D eigenvalue weighted by molar-refractivity contribution is 5.96. The summed E-state index contributed by atoms with van der Waals surface area (Å²) >= 11 is 0. The summed E-state index contributed by atoms with van der Waals surface area (Å²) in [6.45, 7) is 3.66. The van der Waals surface area contributed by atoms with Crippen molar-refractivity contribution in [3.8, 4) is 0 Å². The Morgan fingerprint density at radius 1 is 1.24 bits per heavy atom. The third-order valence-corrected chi connectivity index (χ3v) is 3.20. The molecule has 1 aromatic heterocycles. The van der Waals surface area contributed by atoms with E-state index < -0.39 is 12.0 Å². The summed E-state index contributed by atoms with van der Waals surface area (Å²) in [6.07, 6.45) is 10.2. The van der Waals surface area contributed by atoms with Crippen LogP contribution in [0.25, 0.3) is 0 Å². The molecule has 1 rings (SSSR count). The van der Waals surface area contributed by atoms with Crippen molar-refractivity contribution in [2.45, 2.75) is 44.6 Å². The zero-order valence-corrected chi connectivity index (χ0v) is 12.1. The van der Waals surface area contributed by atoms with Crippen LogP contribution in [-0.2, 0) is 4.79 Å². The van der Waals surface area contributed by atoms with Gasteiger partial charge >= 0.3 is 5.97 Å². The smallest absolute Gasteiger partial charge is 0.326 e. The first-order chi connectivity index (χ1) is 10.1. The molecule has 114 valence electrons. The van der Waals surface area contributed by atoms with E-state index in [0.29, 0.717) is 12.0 Å². The van der Waals surface area contributed by atoms with Crippen molar-refractivity contribution >= 4 is 11.9 Å². The lowest BCUT2D eigenvalue weighted by molar-refractivity contribution is -0.139. The van der Waals surface area contributed by atoms with Crippen molar-refractivity contribution in [3.05, 3.63) is 42.7 Å². The summed E-state index contributed by atoms with van der Waals surface area (Å²) in [5.41, 5.74) is 0.419. The minimum atomic E-state index is -0.997. The van der Waals surface area contributed by atoms with Crippen molar-refractivity contribution in [2.75, 3.05) is 0 Å². The highest BCUT2D eigenvalue weighted by Crippen LogP contribution is 2.09. The number of carbonyl (C=O) groups excluding carboxylic acids is 1. The lowest BCUT2D eigenvalue weighted by Crippen LogP contribution is -2.40. The van der Waals surface area contributed by atoms with E-state index in [2.05, 4.69) is 16.9 Å². The number of carboxylic acid groups (broad SMARTS) is 1. The van der Waals surface area contributed by atoms with Crippen LogP contribution in [0.2, 0.25) is 0 Å². The van der Waals surface area contributed by atoms with Crippen molar-refractivity contribution in [3.63, 3.8) is 0 Å². The number of rotatable bonds is 10. The Balaban J connectivity index is 2.38. The van der Waals surface area contributed by atoms with E-state index in [1.807, 2.05) is 6.08 Å². The van der Waals surface area contributed by atoms with Crippen LogP contribution in [0.1, 0.15) is 48.9 Å². The summed E-state index contributed by atoms with van der Waals surface area (Å²) in [5, 5.41) is 11.7. The molecule has 1 atom stereocenters. The van der Waals surface area contributed by atoms with E-state index in [4.69, 9.17) is 5.11 Å². The Hall–Kier alpha value is -2.17. The van der Waals surface area contributed by atoms with Gasteiger partial charge in [0.1, 0.15) is 6.04 Å². The molecule has 1 amide bonds. The molecule has 0 aliphatic heterocycles. The number of nitrogens with zero attached hydrogens (tertiary/aromatic N) is 1. The standard InChI is InChI=1S/C16H22N2O3/c1-2-3-4-5-6-7-8-14(16(20)21)18-15(19)13-9-11-17-12-10-13/h2,9-12,14H,1,3-8H2,(H,18,19)(H,20,21)/t14-/m1/s1. The van der Waals surface area contributed by atoms with Crippen LogP contribution < -0.4 is 5.32 Å². The molecule has 21 heavy (non-hydrogen) atoms. The first-order valence-corrected chi connectivity index (χ1v) is 7.19. The van der Waals surface area contributed by atoms with Crippen molar-refractivity contribution in [1.82, 2.24) is 10.3 Å². The van der Waals surface area contributed by atoms with Gasteiger partial charge in [-0.2, -0.15) is 0 Å². The molecular formula is C16H22N2O3. The third kappa shape index (κ3) is 6.70. The normalized spacial score (nSPS) is 11.6. The Bertz CT molecular complexity index is 460. The first-order valence-electron chi connectivity index (χ1n) is 7.19. The van der Waals surface area contributed by atoms with E-state index >= 15 is 0 Å². The van der Waals surface area contributed by atoms with E-state index in [1.54, 1.807) is 12.1 Å². The molecule has 1 heterocycles. The predicted molar refractivity (Wildman–Crippen MR) is 81.0 cm³/mol. The zero-order chi connectivity index (χ0) is 15.5. The van der Waals surface area contributed by atoms with Crippen molar-refractivity contribution in [2.24, 2.45) is 0 Å². The maximum atomic E-state index is 11.9. The number of amides is 1. The number of allylic oxidation sites excluding steroid dienone is 1. The lowest BCUT2D eigenvalue weighted by atomic mass is 10.1. The summed E-state index contributed by atoms with van der Waals surface area (Å²) in [6, 6.07) is 2.28. The van der Waals surface area contributed by atoms with Crippen molar-refractivity contribution < 1.29 is 14.7 Å². The highest BCUT2D eigenvalue weighted by atomic mass is 16.4. The number of nitrogens with one attached hydrogen (secondary N) is 1. The van der Waals surface area contributed by atoms with Gasteiger partial charge in [0.05, 0.1) is 0 Å². The lowest BCUT2D eigenvalue weighted by Gasteiger charge is -2.14. The Morgan fingerprint density at radius 2 is 1.90 bits per heavy atom. The second-order valence-electron chi connectivity index (χ2n) is 4.88. The fraction of sp³-hybridized carbons (Fsp3) is 0.438. The third-order valence-electron chi connectivity index (χ3n) is 3.20.